The van der Waals surface area contributed by atoms with Gasteiger partial charge in [-0.25, -0.2) is 0 Å². The Bertz CT molecular complexity index is 600. The van der Waals surface area contributed by atoms with Gasteiger partial charge in [0.05, 0.1) is 14.2 Å². The molecule has 152 valence electrons. The molecule has 0 spiro atoms. The van der Waals surface area contributed by atoms with E-state index in [4.69, 9.17) is 14.5 Å². The first-order chi connectivity index (χ1) is 13.0. The van der Waals surface area contributed by atoms with Gasteiger partial charge >= 0.3 is 0 Å². The van der Waals surface area contributed by atoms with E-state index in [2.05, 4.69) is 41.3 Å². The van der Waals surface area contributed by atoms with Crippen LogP contribution in [-0.2, 0) is 0 Å². The Balaban J connectivity index is 1.93. The van der Waals surface area contributed by atoms with Crippen LogP contribution in [0.1, 0.15) is 13.8 Å². The maximum absolute atomic E-state index is 5.37. The highest BCUT2D eigenvalue weighted by molar-refractivity contribution is 5.93. The molecule has 27 heavy (non-hydrogen) atoms. The predicted octanol–water partition coefficient (Wildman–Crippen LogP) is 1.96. The fourth-order valence-corrected chi connectivity index (χ4v) is 3.13. The van der Waals surface area contributed by atoms with Gasteiger partial charge in [0.15, 0.2) is 17.5 Å². The van der Waals surface area contributed by atoms with Gasteiger partial charge in [-0.15, -0.1) is 0 Å². The molecule has 1 fully saturated rings. The molecule has 2 rings (SSSR count). The Morgan fingerprint density at radius 3 is 2.48 bits per heavy atom. The van der Waals surface area contributed by atoms with Gasteiger partial charge in [-0.3, -0.25) is 4.99 Å². The minimum absolute atomic E-state index is 0.509. The largest absolute Gasteiger partial charge is 0.493 e. The van der Waals surface area contributed by atoms with Gasteiger partial charge in [0, 0.05) is 57.6 Å². The Morgan fingerprint density at radius 1 is 1.15 bits per heavy atom. The van der Waals surface area contributed by atoms with Crippen molar-refractivity contribution in [2.75, 3.05) is 72.4 Å². The van der Waals surface area contributed by atoms with Gasteiger partial charge in [-0.1, -0.05) is 6.92 Å². The topological polar surface area (TPSA) is 61.4 Å². The van der Waals surface area contributed by atoms with Gasteiger partial charge in [0.1, 0.15) is 0 Å². The van der Waals surface area contributed by atoms with Crippen LogP contribution in [0.15, 0.2) is 23.2 Å². The number of hydrogen-bond donors (Lipinski definition) is 2. The first-order valence-corrected chi connectivity index (χ1v) is 9.74. The van der Waals surface area contributed by atoms with E-state index in [1.807, 2.05) is 18.2 Å². The number of likely N-dealkylation sites (N-methyl/N-ethyl adjacent to an activating group) is 1. The second-order valence-corrected chi connectivity index (χ2v) is 7.12. The fourth-order valence-electron chi connectivity index (χ4n) is 3.13. The monoisotopic (exact) mass is 377 g/mol. The maximum Gasteiger partial charge on any atom is 0.195 e. The summed E-state index contributed by atoms with van der Waals surface area (Å²) in [6.45, 7) is 11.6. The second-order valence-electron chi connectivity index (χ2n) is 7.12. The summed E-state index contributed by atoms with van der Waals surface area (Å²) >= 11 is 0. The Hall–Kier alpha value is -1.99. The number of hydrogen-bond acceptors (Lipinski definition) is 5. The molecular formula is C20H35N5O2. The lowest BCUT2D eigenvalue weighted by Crippen LogP contribution is -2.46. The van der Waals surface area contributed by atoms with Gasteiger partial charge in [0.2, 0.25) is 0 Å². The van der Waals surface area contributed by atoms with Crippen LogP contribution in [0.4, 0.5) is 5.69 Å². The van der Waals surface area contributed by atoms with Crippen molar-refractivity contribution in [2.45, 2.75) is 13.8 Å². The highest BCUT2D eigenvalue weighted by Gasteiger charge is 2.16. The van der Waals surface area contributed by atoms with Crippen molar-refractivity contribution in [1.82, 2.24) is 15.1 Å². The lowest BCUT2D eigenvalue weighted by atomic mass is 10.1. The van der Waals surface area contributed by atoms with Crippen molar-refractivity contribution in [3.8, 4) is 11.5 Å². The number of methoxy groups -OCH3 is 2. The third-order valence-corrected chi connectivity index (χ3v) is 4.72. The number of ether oxygens (including phenoxy) is 2. The average molecular weight is 378 g/mol. The number of anilines is 1. The third kappa shape index (κ3) is 6.92. The molecule has 7 nitrogen and oxygen atoms in total. The van der Waals surface area contributed by atoms with Crippen LogP contribution in [0.25, 0.3) is 0 Å². The van der Waals surface area contributed by atoms with Crippen molar-refractivity contribution >= 4 is 11.6 Å². The molecule has 2 N–H and O–H groups in total. The second kappa shape index (κ2) is 11.0. The summed E-state index contributed by atoms with van der Waals surface area (Å²) in [5.74, 6) is 2.71. The van der Waals surface area contributed by atoms with Crippen molar-refractivity contribution < 1.29 is 9.47 Å². The van der Waals surface area contributed by atoms with E-state index in [-0.39, 0.29) is 0 Å². The third-order valence-electron chi connectivity index (χ3n) is 4.72. The van der Waals surface area contributed by atoms with Crippen LogP contribution in [0.2, 0.25) is 0 Å². The number of aliphatic imine (C=N–C) groups is 1. The van der Waals surface area contributed by atoms with Crippen molar-refractivity contribution in [2.24, 2.45) is 10.9 Å². The standard InChI is InChI=1S/C20H35N5O2/c1-6-21-20(23-17-7-8-18(26-4)19(13-17)27-5)22-14-16(2)15-25-11-9-24(3)10-12-25/h7-8,13,16H,6,9-12,14-15H2,1-5H3,(H2,21,22,23). The molecule has 7 heteroatoms. The normalized spacial score (nSPS) is 17.4. The number of nitrogens with one attached hydrogen (secondary N) is 2. The zero-order chi connectivity index (χ0) is 19.6. The van der Waals surface area contributed by atoms with E-state index in [9.17, 15) is 0 Å². The summed E-state index contributed by atoms with van der Waals surface area (Å²) in [7, 11) is 5.47. The van der Waals surface area contributed by atoms with Crippen LogP contribution in [0.3, 0.4) is 0 Å². The predicted molar refractivity (Wildman–Crippen MR) is 112 cm³/mol. The SMILES string of the molecule is CCNC(=NCC(C)CN1CCN(C)CC1)Nc1ccc(OC)c(OC)c1. The molecule has 0 aromatic heterocycles. The molecule has 1 aromatic carbocycles. The smallest absolute Gasteiger partial charge is 0.195 e. The van der Waals surface area contributed by atoms with Gasteiger partial charge in [0.25, 0.3) is 0 Å². The summed E-state index contributed by atoms with van der Waals surface area (Å²) < 4.78 is 10.7. The lowest BCUT2D eigenvalue weighted by Gasteiger charge is -2.33. The van der Waals surface area contributed by atoms with E-state index < -0.39 is 0 Å². The fraction of sp³-hybridized carbons (Fsp3) is 0.650. The molecule has 1 heterocycles. The molecule has 1 saturated heterocycles. The van der Waals surface area contributed by atoms with E-state index in [1.165, 1.54) is 0 Å². The van der Waals surface area contributed by atoms with Crippen molar-refractivity contribution in [3.05, 3.63) is 18.2 Å². The molecular weight excluding hydrogens is 342 g/mol. The zero-order valence-corrected chi connectivity index (χ0v) is 17.4. The van der Waals surface area contributed by atoms with Crippen molar-refractivity contribution in [3.63, 3.8) is 0 Å². The van der Waals surface area contributed by atoms with Crippen LogP contribution in [0, 0.1) is 5.92 Å². The van der Waals surface area contributed by atoms with Crippen LogP contribution in [-0.4, -0.2) is 82.8 Å². The minimum Gasteiger partial charge on any atom is -0.493 e. The maximum atomic E-state index is 5.37. The highest BCUT2D eigenvalue weighted by Crippen LogP contribution is 2.29. The number of nitrogens with zero attached hydrogens (tertiary/aromatic N) is 3. The van der Waals surface area contributed by atoms with Crippen molar-refractivity contribution in [1.29, 1.82) is 0 Å². The molecule has 0 aliphatic carbocycles. The summed E-state index contributed by atoms with van der Waals surface area (Å²) in [6.07, 6.45) is 0. The molecule has 0 bridgehead atoms. The van der Waals surface area contributed by atoms with E-state index in [1.54, 1.807) is 14.2 Å². The number of rotatable bonds is 8. The summed E-state index contributed by atoms with van der Waals surface area (Å²) in [6, 6.07) is 5.77. The lowest BCUT2D eigenvalue weighted by molar-refractivity contribution is 0.140. The van der Waals surface area contributed by atoms with Gasteiger partial charge in [-0.2, -0.15) is 0 Å². The molecule has 0 amide bonds. The highest BCUT2D eigenvalue weighted by atomic mass is 16.5. The van der Waals surface area contributed by atoms with E-state index in [0.717, 1.165) is 57.5 Å². The minimum atomic E-state index is 0.509. The first-order valence-electron chi connectivity index (χ1n) is 9.74. The van der Waals surface area contributed by atoms with E-state index in [0.29, 0.717) is 17.4 Å². The Labute approximate surface area is 163 Å². The summed E-state index contributed by atoms with van der Waals surface area (Å²) in [5, 5.41) is 6.66. The summed E-state index contributed by atoms with van der Waals surface area (Å²) in [5.41, 5.74) is 0.916. The Morgan fingerprint density at radius 2 is 1.85 bits per heavy atom. The van der Waals surface area contributed by atoms with Gasteiger partial charge < -0.3 is 29.9 Å². The van der Waals surface area contributed by atoms with Gasteiger partial charge in [-0.05, 0) is 32.0 Å². The molecule has 1 unspecified atom stereocenters. The number of piperazine rings is 1. The number of guanidine groups is 1. The van der Waals surface area contributed by atoms with E-state index >= 15 is 0 Å². The molecule has 1 aromatic rings. The van der Waals surface area contributed by atoms with Crippen LogP contribution >= 0.6 is 0 Å². The molecule has 1 atom stereocenters. The molecule has 0 saturated carbocycles. The molecule has 1 aliphatic rings. The molecule has 1 aliphatic heterocycles. The average Bonchev–Trinajstić information content (AvgIpc) is 2.68. The van der Waals surface area contributed by atoms with Crippen LogP contribution < -0.4 is 20.1 Å². The summed E-state index contributed by atoms with van der Waals surface area (Å²) in [4.78, 5) is 9.69. The zero-order valence-electron chi connectivity index (χ0n) is 17.4. The molecule has 0 radical (unpaired) electrons. The quantitative estimate of drug-likeness (QED) is 0.534. The Kier molecular flexibility index (Phi) is 8.67. The van der Waals surface area contributed by atoms with Crippen LogP contribution in [0.5, 0.6) is 11.5 Å². The number of benzene rings is 1. The first kappa shape index (κ1) is 21.3.